The Morgan fingerprint density at radius 2 is 1.62 bits per heavy atom. The molecular formula is C21H24Cl2N2O3S. The maximum absolute atomic E-state index is 12.8. The molecule has 0 aliphatic carbocycles. The number of rotatable bonds is 5. The predicted octanol–water partition coefficient (Wildman–Crippen LogP) is 4.79. The van der Waals surface area contributed by atoms with Crippen LogP contribution in [0.4, 0.5) is 5.69 Å². The molecule has 2 aromatic carbocycles. The van der Waals surface area contributed by atoms with E-state index in [0.29, 0.717) is 41.5 Å². The zero-order valence-electron chi connectivity index (χ0n) is 16.4. The van der Waals surface area contributed by atoms with Gasteiger partial charge in [-0.05, 0) is 62.1 Å². The van der Waals surface area contributed by atoms with E-state index in [1.54, 1.807) is 18.2 Å². The lowest BCUT2D eigenvalue weighted by Crippen LogP contribution is -2.42. The molecule has 1 heterocycles. The average molecular weight is 455 g/mol. The summed E-state index contributed by atoms with van der Waals surface area (Å²) in [7, 11) is -3.57. The largest absolute Gasteiger partial charge is 0.326 e. The number of halogens is 2. The summed E-state index contributed by atoms with van der Waals surface area (Å²) in [5, 5.41) is 3.63. The number of sulfonamides is 1. The van der Waals surface area contributed by atoms with Crippen molar-refractivity contribution in [1.82, 2.24) is 4.31 Å². The molecule has 5 nitrogen and oxygen atoms in total. The summed E-state index contributed by atoms with van der Waals surface area (Å²) in [6, 6.07) is 10.8. The third-order valence-corrected chi connectivity index (χ3v) is 7.61. The highest BCUT2D eigenvalue weighted by Crippen LogP contribution is 2.29. The number of nitrogens with zero attached hydrogens (tertiary/aromatic N) is 1. The Morgan fingerprint density at radius 3 is 2.17 bits per heavy atom. The van der Waals surface area contributed by atoms with E-state index < -0.39 is 10.0 Å². The number of benzene rings is 2. The number of nitrogens with one attached hydrogen (secondary N) is 1. The first-order chi connectivity index (χ1) is 13.7. The van der Waals surface area contributed by atoms with Crippen molar-refractivity contribution in [2.75, 3.05) is 18.4 Å². The van der Waals surface area contributed by atoms with Crippen molar-refractivity contribution in [2.45, 2.75) is 32.4 Å². The number of hydrogen-bond acceptors (Lipinski definition) is 3. The minimum absolute atomic E-state index is 0.0683. The van der Waals surface area contributed by atoms with Gasteiger partial charge in [0.15, 0.2) is 0 Å². The lowest BCUT2D eigenvalue weighted by molar-refractivity contribution is -0.120. The molecule has 1 saturated heterocycles. The smallest absolute Gasteiger partial charge is 0.227 e. The van der Waals surface area contributed by atoms with Crippen molar-refractivity contribution >= 4 is 44.8 Å². The van der Waals surface area contributed by atoms with Crippen LogP contribution in [0.2, 0.25) is 10.0 Å². The van der Waals surface area contributed by atoms with Gasteiger partial charge in [-0.3, -0.25) is 4.79 Å². The van der Waals surface area contributed by atoms with E-state index in [1.165, 1.54) is 4.31 Å². The molecule has 0 radical (unpaired) electrons. The van der Waals surface area contributed by atoms with Gasteiger partial charge in [-0.2, -0.15) is 0 Å². The van der Waals surface area contributed by atoms with E-state index in [0.717, 1.165) is 16.8 Å². The number of aryl methyl sites for hydroxylation is 2. The highest BCUT2D eigenvalue weighted by molar-refractivity contribution is 7.88. The number of piperidine rings is 1. The summed E-state index contributed by atoms with van der Waals surface area (Å²) in [5.41, 5.74) is 3.35. The van der Waals surface area contributed by atoms with Crippen LogP contribution in [-0.4, -0.2) is 31.7 Å². The molecule has 3 rings (SSSR count). The zero-order chi connectivity index (χ0) is 21.2. The maximum atomic E-state index is 12.8. The molecule has 0 spiro atoms. The van der Waals surface area contributed by atoms with Gasteiger partial charge in [0.1, 0.15) is 0 Å². The van der Waals surface area contributed by atoms with Crippen LogP contribution in [0.5, 0.6) is 0 Å². The number of hydrogen-bond donors (Lipinski definition) is 1. The van der Waals surface area contributed by atoms with Gasteiger partial charge in [0.25, 0.3) is 0 Å². The predicted molar refractivity (Wildman–Crippen MR) is 118 cm³/mol. The fourth-order valence-electron chi connectivity index (χ4n) is 3.63. The molecule has 0 aromatic heterocycles. The molecule has 0 atom stereocenters. The average Bonchev–Trinajstić information content (AvgIpc) is 2.64. The molecule has 156 valence electrons. The van der Waals surface area contributed by atoms with Crippen molar-refractivity contribution in [1.29, 1.82) is 0 Å². The van der Waals surface area contributed by atoms with Crippen LogP contribution in [0.3, 0.4) is 0 Å². The summed E-state index contributed by atoms with van der Waals surface area (Å²) < 4.78 is 27.0. The highest BCUT2D eigenvalue weighted by Gasteiger charge is 2.32. The number of carbonyl (C=O) groups excluding carboxylic acids is 1. The summed E-state index contributed by atoms with van der Waals surface area (Å²) in [5.74, 6) is -0.530. The van der Waals surface area contributed by atoms with E-state index in [9.17, 15) is 13.2 Å². The Bertz CT molecular complexity index is 976. The summed E-state index contributed by atoms with van der Waals surface area (Å²) in [6.07, 6.45) is 0.957. The monoisotopic (exact) mass is 454 g/mol. The van der Waals surface area contributed by atoms with Crippen LogP contribution in [0, 0.1) is 19.8 Å². The maximum Gasteiger partial charge on any atom is 0.227 e. The second-order valence-electron chi connectivity index (χ2n) is 7.50. The van der Waals surface area contributed by atoms with Crippen molar-refractivity contribution in [3.63, 3.8) is 0 Å². The van der Waals surface area contributed by atoms with Crippen LogP contribution in [-0.2, 0) is 20.6 Å². The lowest BCUT2D eigenvalue weighted by atomic mass is 9.97. The summed E-state index contributed by atoms with van der Waals surface area (Å²) in [6.45, 7) is 4.57. The number of amides is 1. The standard InChI is InChI=1S/C21H24Cl2N2O3S/c1-14-10-15(2)12-17(11-14)24-21(26)16-6-8-25(9-7-16)29(27,28)13-18-19(22)4-3-5-20(18)23/h3-5,10-12,16H,6-9,13H2,1-2H3,(H,24,26). The van der Waals surface area contributed by atoms with E-state index in [2.05, 4.69) is 5.32 Å². The second-order valence-corrected chi connectivity index (χ2v) is 10.3. The SMILES string of the molecule is Cc1cc(C)cc(NC(=O)C2CCN(S(=O)(=O)Cc3c(Cl)cccc3Cl)CC2)c1. The van der Waals surface area contributed by atoms with Crippen molar-refractivity contribution in [3.8, 4) is 0 Å². The van der Waals surface area contributed by atoms with E-state index >= 15 is 0 Å². The molecule has 2 aromatic rings. The third-order valence-electron chi connectivity index (χ3n) is 5.10. The minimum Gasteiger partial charge on any atom is -0.326 e. The number of carbonyl (C=O) groups is 1. The Labute approximate surface area is 182 Å². The van der Waals surface area contributed by atoms with Gasteiger partial charge in [0.2, 0.25) is 15.9 Å². The van der Waals surface area contributed by atoms with Gasteiger partial charge < -0.3 is 5.32 Å². The lowest BCUT2D eigenvalue weighted by Gasteiger charge is -2.30. The first-order valence-electron chi connectivity index (χ1n) is 9.45. The molecule has 1 aliphatic heterocycles. The van der Waals surface area contributed by atoms with E-state index in [-0.39, 0.29) is 17.6 Å². The molecule has 0 bridgehead atoms. The van der Waals surface area contributed by atoms with Gasteiger partial charge in [0.05, 0.1) is 5.75 Å². The molecule has 0 unspecified atom stereocenters. The number of anilines is 1. The van der Waals surface area contributed by atoms with Crippen LogP contribution in [0.25, 0.3) is 0 Å². The van der Waals surface area contributed by atoms with Crippen LogP contribution >= 0.6 is 23.2 Å². The molecule has 29 heavy (non-hydrogen) atoms. The molecule has 1 fully saturated rings. The van der Waals surface area contributed by atoms with Gasteiger partial charge in [-0.25, -0.2) is 12.7 Å². The van der Waals surface area contributed by atoms with Crippen molar-refractivity contribution in [2.24, 2.45) is 5.92 Å². The first-order valence-corrected chi connectivity index (χ1v) is 11.8. The second kappa shape index (κ2) is 9.04. The fourth-order valence-corrected chi connectivity index (χ4v) is 5.95. The molecule has 1 amide bonds. The van der Waals surface area contributed by atoms with Crippen molar-refractivity contribution in [3.05, 3.63) is 63.1 Å². The van der Waals surface area contributed by atoms with Crippen LogP contribution in [0.15, 0.2) is 36.4 Å². The Hall–Kier alpha value is -1.60. The normalized spacial score (nSPS) is 16.0. The van der Waals surface area contributed by atoms with E-state index in [4.69, 9.17) is 23.2 Å². The first kappa shape index (κ1) is 22.1. The Balaban J connectivity index is 1.61. The van der Waals surface area contributed by atoms with Gasteiger partial charge in [-0.15, -0.1) is 0 Å². The molecule has 1 N–H and O–H groups in total. The summed E-state index contributed by atoms with van der Waals surface area (Å²) in [4.78, 5) is 12.6. The fraction of sp³-hybridized carbons (Fsp3) is 0.381. The van der Waals surface area contributed by atoms with E-state index in [1.807, 2.05) is 32.0 Å². The van der Waals surface area contributed by atoms with Gasteiger partial charge in [-0.1, -0.05) is 35.3 Å². The van der Waals surface area contributed by atoms with Crippen molar-refractivity contribution < 1.29 is 13.2 Å². The zero-order valence-corrected chi connectivity index (χ0v) is 18.7. The van der Waals surface area contributed by atoms with Crippen LogP contribution < -0.4 is 5.32 Å². The molecule has 0 saturated carbocycles. The third kappa shape index (κ3) is 5.51. The Kier molecular flexibility index (Phi) is 6.89. The summed E-state index contributed by atoms with van der Waals surface area (Å²) >= 11 is 12.2. The van der Waals surface area contributed by atoms with Gasteiger partial charge >= 0.3 is 0 Å². The van der Waals surface area contributed by atoms with Gasteiger partial charge in [0, 0.05) is 40.3 Å². The Morgan fingerprint density at radius 1 is 1.07 bits per heavy atom. The molecule has 8 heteroatoms. The quantitative estimate of drug-likeness (QED) is 0.705. The van der Waals surface area contributed by atoms with Crippen LogP contribution in [0.1, 0.15) is 29.5 Å². The highest BCUT2D eigenvalue weighted by atomic mass is 35.5. The molecular weight excluding hydrogens is 431 g/mol. The topological polar surface area (TPSA) is 66.5 Å². The molecule has 1 aliphatic rings. The minimum atomic E-state index is -3.57.